The molecule has 0 aromatic rings. The number of aliphatic hydroxyl groups is 1. The molecule has 1 aliphatic carbocycles. The van der Waals surface area contributed by atoms with Crippen LogP contribution in [0.4, 0.5) is 0 Å². The van der Waals surface area contributed by atoms with E-state index in [4.69, 9.17) is 0 Å². The Kier molecular flexibility index (Phi) is 2.57. The number of hydrogen-bond acceptors (Lipinski definition) is 3. The number of imide groups is 1. The summed E-state index contributed by atoms with van der Waals surface area (Å²) >= 11 is 0. The summed E-state index contributed by atoms with van der Waals surface area (Å²) in [5.74, 6) is -0.158. The SMILES string of the molecule is CCC1(CC)CC(=O)N(C2(CO)CC2)C1=O. The first-order valence-corrected chi connectivity index (χ1v) is 6.03. The molecule has 0 aromatic carbocycles. The maximum atomic E-state index is 12.3. The van der Waals surface area contributed by atoms with Gasteiger partial charge in [0.1, 0.15) is 0 Å². The Morgan fingerprint density at radius 2 is 1.81 bits per heavy atom. The van der Waals surface area contributed by atoms with Crippen LogP contribution in [0.5, 0.6) is 0 Å². The molecule has 1 N–H and O–H groups in total. The highest BCUT2D eigenvalue weighted by Crippen LogP contribution is 2.49. The smallest absolute Gasteiger partial charge is 0.236 e. The van der Waals surface area contributed by atoms with Gasteiger partial charge in [0.05, 0.1) is 17.6 Å². The van der Waals surface area contributed by atoms with Crippen LogP contribution in [0.15, 0.2) is 0 Å². The summed E-state index contributed by atoms with van der Waals surface area (Å²) < 4.78 is 0. The van der Waals surface area contributed by atoms with Crippen LogP contribution < -0.4 is 0 Å². The fourth-order valence-corrected chi connectivity index (χ4v) is 2.67. The topological polar surface area (TPSA) is 57.6 Å². The van der Waals surface area contributed by atoms with Crippen LogP contribution in [0.1, 0.15) is 46.0 Å². The fourth-order valence-electron chi connectivity index (χ4n) is 2.67. The van der Waals surface area contributed by atoms with Gasteiger partial charge in [-0.3, -0.25) is 14.5 Å². The van der Waals surface area contributed by atoms with Crippen LogP contribution in [0.25, 0.3) is 0 Å². The van der Waals surface area contributed by atoms with E-state index in [0.29, 0.717) is 19.3 Å². The number of rotatable bonds is 4. The highest BCUT2D eigenvalue weighted by molar-refractivity contribution is 6.07. The molecule has 4 heteroatoms. The summed E-state index contributed by atoms with van der Waals surface area (Å²) in [5, 5.41) is 9.32. The minimum atomic E-state index is -0.541. The largest absolute Gasteiger partial charge is 0.394 e. The lowest BCUT2D eigenvalue weighted by Gasteiger charge is -2.28. The van der Waals surface area contributed by atoms with Gasteiger partial charge in [0.25, 0.3) is 0 Å². The van der Waals surface area contributed by atoms with Gasteiger partial charge in [-0.1, -0.05) is 13.8 Å². The van der Waals surface area contributed by atoms with Gasteiger partial charge < -0.3 is 5.11 Å². The lowest BCUT2D eigenvalue weighted by Crippen LogP contribution is -2.46. The van der Waals surface area contributed by atoms with Crippen molar-refractivity contribution in [1.29, 1.82) is 0 Å². The van der Waals surface area contributed by atoms with Crippen LogP contribution in [0.2, 0.25) is 0 Å². The second kappa shape index (κ2) is 3.55. The predicted molar refractivity (Wildman–Crippen MR) is 58.5 cm³/mol. The molecule has 1 aliphatic heterocycles. The number of hydrogen-bond donors (Lipinski definition) is 1. The number of carbonyl (C=O) groups is 2. The Hall–Kier alpha value is -0.900. The van der Waals surface area contributed by atoms with E-state index in [1.807, 2.05) is 13.8 Å². The van der Waals surface area contributed by atoms with Gasteiger partial charge in [-0.05, 0) is 25.7 Å². The Bertz CT molecular complexity index is 329. The van der Waals surface area contributed by atoms with Crippen molar-refractivity contribution in [2.75, 3.05) is 6.61 Å². The molecule has 0 aromatic heterocycles. The van der Waals surface area contributed by atoms with E-state index >= 15 is 0 Å². The Morgan fingerprint density at radius 3 is 2.12 bits per heavy atom. The van der Waals surface area contributed by atoms with E-state index in [1.165, 1.54) is 4.90 Å². The average Bonchev–Trinajstić information content (AvgIpc) is 3.02. The minimum Gasteiger partial charge on any atom is -0.394 e. The van der Waals surface area contributed by atoms with Crippen molar-refractivity contribution in [2.45, 2.75) is 51.5 Å². The maximum Gasteiger partial charge on any atom is 0.236 e. The number of likely N-dealkylation sites (tertiary alicyclic amines) is 1. The molecule has 0 unspecified atom stereocenters. The highest BCUT2D eigenvalue weighted by atomic mass is 16.3. The zero-order valence-electron chi connectivity index (χ0n) is 9.95. The minimum absolute atomic E-state index is 0.0611. The van der Waals surface area contributed by atoms with Crippen molar-refractivity contribution in [3.05, 3.63) is 0 Å². The molecule has 1 heterocycles. The van der Waals surface area contributed by atoms with Crippen molar-refractivity contribution in [1.82, 2.24) is 4.90 Å². The first-order chi connectivity index (χ1) is 7.55. The number of amides is 2. The van der Waals surface area contributed by atoms with Crippen molar-refractivity contribution in [3.8, 4) is 0 Å². The molecule has 2 aliphatic rings. The molecule has 4 nitrogen and oxygen atoms in total. The van der Waals surface area contributed by atoms with E-state index in [-0.39, 0.29) is 18.4 Å². The lowest BCUT2D eigenvalue weighted by atomic mass is 9.81. The lowest BCUT2D eigenvalue weighted by molar-refractivity contribution is -0.146. The van der Waals surface area contributed by atoms with Gasteiger partial charge in [0.15, 0.2) is 0 Å². The summed E-state index contributed by atoms with van der Waals surface area (Å²) in [7, 11) is 0. The van der Waals surface area contributed by atoms with Gasteiger partial charge in [-0.25, -0.2) is 0 Å². The third-order valence-electron chi connectivity index (χ3n) is 4.35. The molecule has 90 valence electrons. The zero-order chi connectivity index (χ0) is 12.0. The summed E-state index contributed by atoms with van der Waals surface area (Å²) in [5.41, 5.74) is -1.04. The standard InChI is InChI=1S/C12H19NO3/c1-3-11(4-2)7-9(15)13(10(11)16)12(8-14)5-6-12/h14H,3-8H2,1-2H3. The molecule has 2 amide bonds. The van der Waals surface area contributed by atoms with E-state index in [0.717, 1.165) is 12.8 Å². The third kappa shape index (κ3) is 1.32. The van der Waals surface area contributed by atoms with Gasteiger partial charge in [0.2, 0.25) is 11.8 Å². The van der Waals surface area contributed by atoms with Crippen LogP contribution in [0, 0.1) is 5.41 Å². The van der Waals surface area contributed by atoms with E-state index < -0.39 is 11.0 Å². The van der Waals surface area contributed by atoms with E-state index in [1.54, 1.807) is 0 Å². The summed E-state index contributed by atoms with van der Waals surface area (Å²) in [6.07, 6.45) is 3.23. The molecule has 2 rings (SSSR count). The zero-order valence-corrected chi connectivity index (χ0v) is 9.95. The molecule has 0 spiro atoms. The predicted octanol–water partition coefficient (Wildman–Crippen LogP) is 1.08. The van der Waals surface area contributed by atoms with E-state index in [2.05, 4.69) is 0 Å². The fraction of sp³-hybridized carbons (Fsp3) is 0.833. The first-order valence-electron chi connectivity index (χ1n) is 6.03. The van der Waals surface area contributed by atoms with Crippen LogP contribution in [0.3, 0.4) is 0 Å². The molecule has 0 bridgehead atoms. The number of aliphatic hydroxyl groups excluding tert-OH is 1. The van der Waals surface area contributed by atoms with Crippen molar-refractivity contribution in [3.63, 3.8) is 0 Å². The van der Waals surface area contributed by atoms with Crippen LogP contribution in [-0.4, -0.2) is 34.0 Å². The molecule has 1 saturated carbocycles. The number of nitrogens with zero attached hydrogens (tertiary/aromatic N) is 1. The summed E-state index contributed by atoms with van der Waals surface area (Å²) in [6.45, 7) is 3.82. The second-order valence-corrected chi connectivity index (χ2v) is 5.08. The monoisotopic (exact) mass is 225 g/mol. The normalized spacial score (nSPS) is 26.3. The van der Waals surface area contributed by atoms with Crippen LogP contribution >= 0.6 is 0 Å². The highest BCUT2D eigenvalue weighted by Gasteiger charge is 2.60. The Balaban J connectivity index is 2.30. The Labute approximate surface area is 95.6 Å². The maximum absolute atomic E-state index is 12.3. The molecule has 16 heavy (non-hydrogen) atoms. The van der Waals surface area contributed by atoms with Crippen LogP contribution in [-0.2, 0) is 9.59 Å². The number of carbonyl (C=O) groups excluding carboxylic acids is 2. The van der Waals surface area contributed by atoms with Gasteiger partial charge in [0, 0.05) is 6.42 Å². The van der Waals surface area contributed by atoms with Gasteiger partial charge in [-0.15, -0.1) is 0 Å². The van der Waals surface area contributed by atoms with Gasteiger partial charge in [-0.2, -0.15) is 0 Å². The van der Waals surface area contributed by atoms with Crippen molar-refractivity contribution < 1.29 is 14.7 Å². The third-order valence-corrected chi connectivity index (χ3v) is 4.35. The second-order valence-electron chi connectivity index (χ2n) is 5.08. The molecule has 2 fully saturated rings. The van der Waals surface area contributed by atoms with Gasteiger partial charge >= 0.3 is 0 Å². The summed E-state index contributed by atoms with van der Waals surface area (Å²) in [4.78, 5) is 25.7. The molecule has 1 saturated heterocycles. The average molecular weight is 225 g/mol. The molecular formula is C12H19NO3. The summed E-state index contributed by atoms with van der Waals surface area (Å²) in [6, 6.07) is 0. The first kappa shape index (κ1) is 11.6. The van der Waals surface area contributed by atoms with E-state index in [9.17, 15) is 14.7 Å². The quantitative estimate of drug-likeness (QED) is 0.728. The van der Waals surface area contributed by atoms with Crippen molar-refractivity contribution in [2.24, 2.45) is 5.41 Å². The molecule has 0 radical (unpaired) electrons. The molecule has 0 atom stereocenters. The van der Waals surface area contributed by atoms with Crippen molar-refractivity contribution >= 4 is 11.8 Å². The molecular weight excluding hydrogens is 206 g/mol. The Morgan fingerprint density at radius 1 is 1.25 bits per heavy atom.